The second kappa shape index (κ2) is 5.84. The van der Waals surface area contributed by atoms with Crippen LogP contribution < -0.4 is 5.43 Å². The molecule has 1 aliphatic heterocycles. The Bertz CT molecular complexity index is 513. The van der Waals surface area contributed by atoms with Gasteiger partial charge in [-0.15, -0.1) is 0 Å². The van der Waals surface area contributed by atoms with Crippen molar-refractivity contribution in [1.29, 1.82) is 0 Å². The maximum atomic E-state index is 12.0. The van der Waals surface area contributed by atoms with Crippen molar-refractivity contribution in [3.8, 4) is 0 Å². The molecule has 2 rings (SSSR count). The third-order valence-electron chi connectivity index (χ3n) is 2.28. The van der Waals surface area contributed by atoms with E-state index in [4.69, 9.17) is 23.8 Å². The normalized spacial score (nSPS) is 17.9. The third kappa shape index (κ3) is 2.92. The first kappa shape index (κ1) is 13.5. The highest BCUT2D eigenvalue weighted by Gasteiger charge is 2.31. The zero-order valence-corrected chi connectivity index (χ0v) is 12.0. The molecule has 1 aromatic rings. The minimum Gasteiger partial charge on any atom is -0.267 e. The molecule has 0 radical (unpaired) electrons. The third-order valence-corrected chi connectivity index (χ3v) is 3.83. The smallest absolute Gasteiger partial charge is 0.267 e. The van der Waals surface area contributed by atoms with Gasteiger partial charge in [-0.2, -0.15) is 0 Å². The lowest BCUT2D eigenvalue weighted by atomic mass is 10.2. The molecule has 3 nitrogen and oxygen atoms in total. The quantitative estimate of drug-likeness (QED) is 0.687. The number of halogens is 1. The number of nitrogens with one attached hydrogen (secondary N) is 1. The summed E-state index contributed by atoms with van der Waals surface area (Å²) in [5.74, 6) is -0.109. The number of thiocarbonyl (C=S) groups is 1. The highest BCUT2D eigenvalue weighted by Crippen LogP contribution is 2.31. The first-order chi connectivity index (χ1) is 8.61. The van der Waals surface area contributed by atoms with Gasteiger partial charge in [0.1, 0.15) is 0 Å². The van der Waals surface area contributed by atoms with Crippen molar-refractivity contribution in [2.24, 2.45) is 0 Å². The number of hydrazine groups is 1. The van der Waals surface area contributed by atoms with Crippen molar-refractivity contribution in [2.45, 2.75) is 6.92 Å². The Morgan fingerprint density at radius 2 is 2.11 bits per heavy atom. The van der Waals surface area contributed by atoms with E-state index < -0.39 is 0 Å². The molecular formula is C12H11ClN2OS2. The van der Waals surface area contributed by atoms with E-state index in [2.05, 4.69) is 5.43 Å². The van der Waals surface area contributed by atoms with Gasteiger partial charge in [0.25, 0.3) is 5.91 Å². The van der Waals surface area contributed by atoms with Crippen LogP contribution in [0.4, 0.5) is 0 Å². The summed E-state index contributed by atoms with van der Waals surface area (Å²) in [6, 6.07) is 7.31. The van der Waals surface area contributed by atoms with Gasteiger partial charge in [-0.1, -0.05) is 54.6 Å². The van der Waals surface area contributed by atoms with Crippen LogP contribution in [0.15, 0.2) is 29.2 Å². The molecule has 0 aliphatic carbocycles. The molecule has 1 fully saturated rings. The van der Waals surface area contributed by atoms with Gasteiger partial charge in [-0.05, 0) is 23.8 Å². The van der Waals surface area contributed by atoms with Gasteiger partial charge in [-0.3, -0.25) is 4.79 Å². The summed E-state index contributed by atoms with van der Waals surface area (Å²) in [6.45, 7) is 2.57. The zero-order chi connectivity index (χ0) is 13.1. The van der Waals surface area contributed by atoms with E-state index in [1.807, 2.05) is 25.1 Å². The maximum Gasteiger partial charge on any atom is 0.280 e. The molecule has 1 saturated heterocycles. The standard InChI is InChI=1S/C12H11ClN2OS2/c1-2-14-15-11(16)10(18-12(15)17)7-8-3-5-9(13)6-4-8/h3-7,14H,2H2,1H3/b10-7+. The maximum absolute atomic E-state index is 12.0. The molecular weight excluding hydrogens is 288 g/mol. The highest BCUT2D eigenvalue weighted by atomic mass is 35.5. The van der Waals surface area contributed by atoms with Crippen molar-refractivity contribution in [2.75, 3.05) is 6.54 Å². The summed E-state index contributed by atoms with van der Waals surface area (Å²) >= 11 is 12.2. The van der Waals surface area contributed by atoms with Gasteiger partial charge >= 0.3 is 0 Å². The molecule has 0 atom stereocenters. The number of carbonyl (C=O) groups is 1. The summed E-state index contributed by atoms with van der Waals surface area (Å²) in [4.78, 5) is 12.7. The van der Waals surface area contributed by atoms with Crippen molar-refractivity contribution < 1.29 is 4.79 Å². The molecule has 0 unspecified atom stereocenters. The monoisotopic (exact) mass is 298 g/mol. The van der Waals surface area contributed by atoms with Crippen LogP contribution in [-0.4, -0.2) is 21.8 Å². The van der Waals surface area contributed by atoms with Gasteiger partial charge in [-0.25, -0.2) is 10.4 Å². The SMILES string of the molecule is CCNN1C(=O)/C(=C\c2ccc(Cl)cc2)SC1=S. The molecule has 1 amide bonds. The van der Waals surface area contributed by atoms with Crippen LogP contribution in [0, 0.1) is 0 Å². The lowest BCUT2D eigenvalue weighted by Crippen LogP contribution is -2.40. The van der Waals surface area contributed by atoms with Gasteiger partial charge < -0.3 is 0 Å². The van der Waals surface area contributed by atoms with Crippen LogP contribution in [0.3, 0.4) is 0 Å². The fourth-order valence-corrected chi connectivity index (χ4v) is 2.82. The number of nitrogens with zero attached hydrogens (tertiary/aromatic N) is 1. The zero-order valence-electron chi connectivity index (χ0n) is 9.64. The number of hydrogen-bond donors (Lipinski definition) is 1. The second-order valence-electron chi connectivity index (χ2n) is 3.58. The Balaban J connectivity index is 2.22. The summed E-state index contributed by atoms with van der Waals surface area (Å²) in [5, 5.41) is 2.08. The molecule has 1 aliphatic rings. The first-order valence-electron chi connectivity index (χ1n) is 5.39. The number of amides is 1. The highest BCUT2D eigenvalue weighted by molar-refractivity contribution is 8.26. The molecule has 18 heavy (non-hydrogen) atoms. The van der Waals surface area contributed by atoms with Gasteiger partial charge in [0.15, 0.2) is 4.32 Å². The number of hydrogen-bond acceptors (Lipinski definition) is 4. The number of benzene rings is 1. The van der Waals surface area contributed by atoms with E-state index in [1.165, 1.54) is 16.8 Å². The average molecular weight is 299 g/mol. The number of carbonyl (C=O) groups excluding carboxylic acids is 1. The van der Waals surface area contributed by atoms with Crippen molar-refractivity contribution in [3.63, 3.8) is 0 Å². The fraction of sp³-hybridized carbons (Fsp3) is 0.167. The van der Waals surface area contributed by atoms with E-state index >= 15 is 0 Å². The van der Waals surface area contributed by atoms with Gasteiger partial charge in [0.05, 0.1) is 4.91 Å². The number of thioether (sulfide) groups is 1. The van der Waals surface area contributed by atoms with E-state index in [1.54, 1.807) is 12.1 Å². The van der Waals surface area contributed by atoms with E-state index in [0.29, 0.717) is 20.8 Å². The average Bonchev–Trinajstić information content (AvgIpc) is 2.60. The summed E-state index contributed by atoms with van der Waals surface area (Å²) in [5.41, 5.74) is 3.86. The van der Waals surface area contributed by atoms with E-state index in [9.17, 15) is 4.79 Å². The molecule has 0 bridgehead atoms. The van der Waals surface area contributed by atoms with Crippen LogP contribution in [-0.2, 0) is 4.79 Å². The first-order valence-corrected chi connectivity index (χ1v) is 6.99. The molecule has 1 heterocycles. The summed E-state index contributed by atoms with van der Waals surface area (Å²) in [6.07, 6.45) is 1.81. The van der Waals surface area contributed by atoms with Crippen molar-refractivity contribution >= 4 is 51.9 Å². The van der Waals surface area contributed by atoms with Crippen LogP contribution >= 0.6 is 35.6 Å². The Hall–Kier alpha value is -0.880. The van der Waals surface area contributed by atoms with Crippen LogP contribution in [0.25, 0.3) is 6.08 Å². The minimum atomic E-state index is -0.109. The largest absolute Gasteiger partial charge is 0.280 e. The molecule has 6 heteroatoms. The molecule has 94 valence electrons. The summed E-state index contributed by atoms with van der Waals surface area (Å²) in [7, 11) is 0. The van der Waals surface area contributed by atoms with E-state index in [0.717, 1.165) is 5.56 Å². The minimum absolute atomic E-state index is 0.109. The predicted molar refractivity (Wildman–Crippen MR) is 80.1 cm³/mol. The molecule has 1 N–H and O–H groups in total. The van der Waals surface area contributed by atoms with Gasteiger partial charge in [0.2, 0.25) is 0 Å². The van der Waals surface area contributed by atoms with Crippen molar-refractivity contribution in [1.82, 2.24) is 10.4 Å². The lowest BCUT2D eigenvalue weighted by molar-refractivity contribution is -0.124. The van der Waals surface area contributed by atoms with Crippen LogP contribution in [0.1, 0.15) is 12.5 Å². The number of rotatable bonds is 3. The van der Waals surface area contributed by atoms with Crippen LogP contribution in [0.2, 0.25) is 5.02 Å². The lowest BCUT2D eigenvalue weighted by Gasteiger charge is -2.13. The second-order valence-corrected chi connectivity index (χ2v) is 5.69. The molecule has 1 aromatic carbocycles. The Morgan fingerprint density at radius 3 is 2.72 bits per heavy atom. The fourth-order valence-electron chi connectivity index (χ4n) is 1.47. The Kier molecular flexibility index (Phi) is 4.40. The predicted octanol–water partition coefficient (Wildman–Crippen LogP) is 3.07. The van der Waals surface area contributed by atoms with Gasteiger partial charge in [0, 0.05) is 11.6 Å². The molecule has 0 spiro atoms. The van der Waals surface area contributed by atoms with Crippen LogP contribution in [0.5, 0.6) is 0 Å². The molecule has 0 aromatic heterocycles. The van der Waals surface area contributed by atoms with Crippen molar-refractivity contribution in [3.05, 3.63) is 39.8 Å². The summed E-state index contributed by atoms with van der Waals surface area (Å²) < 4.78 is 0.530. The Morgan fingerprint density at radius 1 is 1.44 bits per heavy atom. The Labute approximate surface area is 120 Å². The molecule has 0 saturated carbocycles. The van der Waals surface area contributed by atoms with E-state index in [-0.39, 0.29) is 5.91 Å². The topological polar surface area (TPSA) is 32.3 Å².